The number of hydrogen-bond acceptors (Lipinski definition) is 3. The number of benzene rings is 1. The molecule has 20 heavy (non-hydrogen) atoms. The van der Waals surface area contributed by atoms with Crippen molar-refractivity contribution in [1.82, 2.24) is 10.6 Å². The van der Waals surface area contributed by atoms with E-state index < -0.39 is 5.82 Å². The Labute approximate surface area is 119 Å². The van der Waals surface area contributed by atoms with E-state index in [0.29, 0.717) is 0 Å². The van der Waals surface area contributed by atoms with Gasteiger partial charge in [0.1, 0.15) is 0 Å². The predicted molar refractivity (Wildman–Crippen MR) is 77.3 cm³/mol. The van der Waals surface area contributed by atoms with E-state index in [9.17, 15) is 9.18 Å². The lowest BCUT2D eigenvalue weighted by Gasteiger charge is -2.22. The van der Waals surface area contributed by atoms with Crippen LogP contribution in [0.25, 0.3) is 0 Å². The second-order valence-electron chi connectivity index (χ2n) is 5.79. The van der Waals surface area contributed by atoms with Crippen LogP contribution in [0.4, 0.5) is 4.39 Å². The molecule has 0 aliphatic rings. The van der Waals surface area contributed by atoms with Gasteiger partial charge >= 0.3 is 0 Å². The molecule has 1 aromatic rings. The Bertz CT molecular complexity index is 469. The molecule has 0 heterocycles. The molecule has 0 radical (unpaired) electrons. The van der Waals surface area contributed by atoms with Gasteiger partial charge in [-0.1, -0.05) is 6.07 Å². The molecule has 1 atom stereocenters. The van der Waals surface area contributed by atoms with Crippen molar-refractivity contribution in [2.24, 2.45) is 0 Å². The Hall–Kier alpha value is -1.62. The van der Waals surface area contributed by atoms with Gasteiger partial charge in [0.25, 0.3) is 0 Å². The molecule has 0 saturated carbocycles. The fourth-order valence-corrected chi connectivity index (χ4v) is 1.78. The zero-order valence-electron chi connectivity index (χ0n) is 12.7. The van der Waals surface area contributed by atoms with Gasteiger partial charge in [0, 0.05) is 11.6 Å². The summed E-state index contributed by atoms with van der Waals surface area (Å²) in [5.41, 5.74) is 0.515. The van der Waals surface area contributed by atoms with Crippen molar-refractivity contribution in [3.8, 4) is 5.75 Å². The average Bonchev–Trinajstić information content (AvgIpc) is 2.33. The highest BCUT2D eigenvalue weighted by atomic mass is 19.1. The summed E-state index contributed by atoms with van der Waals surface area (Å²) in [5.74, 6) is -0.275. The molecule has 1 rings (SSSR count). The van der Waals surface area contributed by atoms with Gasteiger partial charge in [-0.15, -0.1) is 0 Å². The van der Waals surface area contributed by atoms with E-state index in [1.807, 2.05) is 27.7 Å². The Morgan fingerprint density at radius 2 is 2.05 bits per heavy atom. The third-order valence-electron chi connectivity index (χ3n) is 2.76. The van der Waals surface area contributed by atoms with Gasteiger partial charge in [-0.3, -0.25) is 4.79 Å². The molecule has 0 aromatic heterocycles. The molecule has 0 spiro atoms. The van der Waals surface area contributed by atoms with Crippen LogP contribution in [0.1, 0.15) is 39.3 Å². The van der Waals surface area contributed by atoms with Crippen molar-refractivity contribution >= 4 is 5.91 Å². The number of nitrogens with one attached hydrogen (secondary N) is 2. The minimum atomic E-state index is -0.405. The lowest BCUT2D eigenvalue weighted by Crippen LogP contribution is -2.45. The molecule has 0 bridgehead atoms. The lowest BCUT2D eigenvalue weighted by atomic mass is 10.1. The SMILES string of the molecule is COc1ccc(C(C)NCC(=O)NC(C)(C)C)cc1F. The first-order chi connectivity index (χ1) is 9.23. The molecule has 0 fully saturated rings. The van der Waals surface area contributed by atoms with Crippen molar-refractivity contribution in [2.45, 2.75) is 39.3 Å². The summed E-state index contributed by atoms with van der Waals surface area (Å²) in [6.45, 7) is 7.84. The number of carbonyl (C=O) groups is 1. The van der Waals surface area contributed by atoms with Crippen LogP contribution in [0.3, 0.4) is 0 Å². The van der Waals surface area contributed by atoms with Gasteiger partial charge < -0.3 is 15.4 Å². The molecule has 1 aromatic carbocycles. The van der Waals surface area contributed by atoms with Crippen LogP contribution in [0, 0.1) is 5.82 Å². The van der Waals surface area contributed by atoms with Crippen LogP contribution in [0.15, 0.2) is 18.2 Å². The monoisotopic (exact) mass is 282 g/mol. The standard InChI is InChI=1S/C15H23FN2O2/c1-10(17-9-14(19)18-15(2,3)4)11-6-7-13(20-5)12(16)8-11/h6-8,10,17H,9H2,1-5H3,(H,18,19). The summed E-state index contributed by atoms with van der Waals surface area (Å²) in [7, 11) is 1.43. The molecule has 2 N–H and O–H groups in total. The second-order valence-corrected chi connectivity index (χ2v) is 5.79. The van der Waals surface area contributed by atoms with Crippen LogP contribution < -0.4 is 15.4 Å². The van der Waals surface area contributed by atoms with Gasteiger partial charge in [-0.25, -0.2) is 4.39 Å². The van der Waals surface area contributed by atoms with E-state index >= 15 is 0 Å². The van der Waals surface area contributed by atoms with E-state index in [0.717, 1.165) is 5.56 Å². The number of hydrogen-bond donors (Lipinski definition) is 2. The van der Waals surface area contributed by atoms with Crippen LogP contribution in [-0.4, -0.2) is 25.1 Å². The third-order valence-corrected chi connectivity index (χ3v) is 2.76. The van der Waals surface area contributed by atoms with Crippen molar-refractivity contribution in [1.29, 1.82) is 0 Å². The molecule has 1 unspecified atom stereocenters. The first kappa shape index (κ1) is 16.4. The van der Waals surface area contributed by atoms with Gasteiger partial charge in [0.2, 0.25) is 5.91 Å². The van der Waals surface area contributed by atoms with Crippen molar-refractivity contribution in [2.75, 3.05) is 13.7 Å². The normalized spacial score (nSPS) is 12.9. The number of ether oxygens (including phenoxy) is 1. The Morgan fingerprint density at radius 3 is 2.55 bits per heavy atom. The maximum absolute atomic E-state index is 13.6. The highest BCUT2D eigenvalue weighted by molar-refractivity contribution is 5.78. The Kier molecular flexibility index (Phi) is 5.51. The first-order valence-corrected chi connectivity index (χ1v) is 6.61. The van der Waals surface area contributed by atoms with E-state index in [1.54, 1.807) is 12.1 Å². The van der Waals surface area contributed by atoms with Crippen LogP contribution in [0.2, 0.25) is 0 Å². The molecule has 0 aliphatic carbocycles. The average molecular weight is 282 g/mol. The molecule has 0 aliphatic heterocycles. The predicted octanol–water partition coefficient (Wildman–Crippen LogP) is 2.40. The van der Waals surface area contributed by atoms with E-state index in [2.05, 4.69) is 10.6 Å². The van der Waals surface area contributed by atoms with Gasteiger partial charge in [-0.05, 0) is 45.4 Å². The number of methoxy groups -OCH3 is 1. The van der Waals surface area contributed by atoms with E-state index in [-0.39, 0.29) is 29.8 Å². The zero-order valence-corrected chi connectivity index (χ0v) is 12.7. The number of rotatable bonds is 5. The van der Waals surface area contributed by atoms with E-state index in [4.69, 9.17) is 4.74 Å². The van der Waals surface area contributed by atoms with Gasteiger partial charge in [0.15, 0.2) is 11.6 Å². The van der Waals surface area contributed by atoms with Crippen molar-refractivity contribution < 1.29 is 13.9 Å². The summed E-state index contributed by atoms with van der Waals surface area (Å²) in [4.78, 5) is 11.7. The third kappa shape index (κ3) is 5.17. The number of carbonyl (C=O) groups excluding carboxylic acids is 1. The highest BCUT2D eigenvalue weighted by Gasteiger charge is 2.15. The van der Waals surface area contributed by atoms with Crippen LogP contribution in [0.5, 0.6) is 5.75 Å². The maximum atomic E-state index is 13.6. The summed E-state index contributed by atoms with van der Waals surface area (Å²) in [6.07, 6.45) is 0. The fraction of sp³-hybridized carbons (Fsp3) is 0.533. The fourth-order valence-electron chi connectivity index (χ4n) is 1.78. The van der Waals surface area contributed by atoms with Crippen LogP contribution >= 0.6 is 0 Å². The van der Waals surface area contributed by atoms with Crippen molar-refractivity contribution in [3.63, 3.8) is 0 Å². The maximum Gasteiger partial charge on any atom is 0.234 e. The second kappa shape index (κ2) is 6.70. The largest absolute Gasteiger partial charge is 0.494 e. The highest BCUT2D eigenvalue weighted by Crippen LogP contribution is 2.21. The number of halogens is 1. The first-order valence-electron chi connectivity index (χ1n) is 6.61. The van der Waals surface area contributed by atoms with Gasteiger partial charge in [-0.2, -0.15) is 0 Å². The molecule has 1 amide bonds. The topological polar surface area (TPSA) is 50.4 Å². The molecule has 5 heteroatoms. The minimum Gasteiger partial charge on any atom is -0.494 e. The number of amides is 1. The quantitative estimate of drug-likeness (QED) is 0.872. The van der Waals surface area contributed by atoms with Gasteiger partial charge in [0.05, 0.1) is 13.7 Å². The molecular weight excluding hydrogens is 259 g/mol. The van der Waals surface area contributed by atoms with E-state index in [1.165, 1.54) is 13.2 Å². The Balaban J connectivity index is 2.57. The molecule has 112 valence electrons. The zero-order chi connectivity index (χ0) is 15.3. The molecular formula is C15H23FN2O2. The Morgan fingerprint density at radius 1 is 1.40 bits per heavy atom. The minimum absolute atomic E-state index is 0.0849. The summed E-state index contributed by atoms with van der Waals surface area (Å²) in [5, 5.41) is 5.93. The smallest absolute Gasteiger partial charge is 0.234 e. The molecule has 0 saturated heterocycles. The summed E-state index contributed by atoms with van der Waals surface area (Å²) in [6, 6.07) is 4.65. The lowest BCUT2D eigenvalue weighted by molar-refractivity contribution is -0.121. The molecule has 4 nitrogen and oxygen atoms in total. The summed E-state index contributed by atoms with van der Waals surface area (Å²) >= 11 is 0. The van der Waals surface area contributed by atoms with Crippen LogP contribution in [-0.2, 0) is 4.79 Å². The summed E-state index contributed by atoms with van der Waals surface area (Å²) < 4.78 is 18.5. The van der Waals surface area contributed by atoms with Crippen molar-refractivity contribution in [3.05, 3.63) is 29.6 Å².